The minimum atomic E-state index is -1.23. The van der Waals surface area contributed by atoms with E-state index in [9.17, 15) is 19.5 Å². The van der Waals surface area contributed by atoms with Crippen LogP contribution in [0.2, 0.25) is 0 Å². The number of fused-ring (bicyclic) bond motifs is 1. The van der Waals surface area contributed by atoms with Gasteiger partial charge in [0.2, 0.25) is 5.82 Å². The molecule has 0 saturated heterocycles. The predicted molar refractivity (Wildman–Crippen MR) is 72.0 cm³/mol. The second-order valence-corrected chi connectivity index (χ2v) is 5.12. The summed E-state index contributed by atoms with van der Waals surface area (Å²) in [4.78, 5) is 39.3. The number of aromatic nitrogens is 4. The first kappa shape index (κ1) is 14.0. The van der Waals surface area contributed by atoms with E-state index in [4.69, 9.17) is 0 Å². The summed E-state index contributed by atoms with van der Waals surface area (Å²) in [6.07, 6.45) is 0. The minimum absolute atomic E-state index is 0.0937. The van der Waals surface area contributed by atoms with E-state index in [1.165, 1.54) is 23.2 Å². The molecule has 0 bridgehead atoms. The maximum Gasteiger partial charge on any atom is 0.372 e. The van der Waals surface area contributed by atoms with Crippen LogP contribution in [-0.4, -0.2) is 29.8 Å². The summed E-state index contributed by atoms with van der Waals surface area (Å²) >= 11 is 0. The topological polar surface area (TPSA) is 99.1 Å². The average Bonchev–Trinajstić information content (AvgIpc) is 2.72. The molecule has 0 saturated carbocycles. The number of imidazole rings is 1. The number of nitrogens with zero attached hydrogens (tertiary/aromatic N) is 4. The molecule has 2 aromatic rings. The number of carboxylic acids is 1. The van der Waals surface area contributed by atoms with E-state index in [-0.39, 0.29) is 22.9 Å². The lowest BCUT2D eigenvalue weighted by atomic mass is 10.2. The Morgan fingerprint density at radius 1 is 1.25 bits per heavy atom. The molecular weight excluding hydrogens is 264 g/mol. The Hall–Kier alpha value is -2.38. The number of hydrogen-bond acceptors (Lipinski definition) is 4. The third-order valence-electron chi connectivity index (χ3n) is 3.09. The molecule has 8 heteroatoms. The van der Waals surface area contributed by atoms with Gasteiger partial charge in [-0.05, 0) is 5.92 Å². The predicted octanol–water partition coefficient (Wildman–Crippen LogP) is -0.212. The Bertz CT molecular complexity index is 809. The summed E-state index contributed by atoms with van der Waals surface area (Å²) < 4.78 is 3.50. The summed E-state index contributed by atoms with van der Waals surface area (Å²) in [6, 6.07) is 0. The van der Waals surface area contributed by atoms with Crippen molar-refractivity contribution in [2.24, 2.45) is 20.0 Å². The van der Waals surface area contributed by atoms with Crippen LogP contribution >= 0.6 is 0 Å². The number of aryl methyl sites for hydroxylation is 1. The summed E-state index contributed by atoms with van der Waals surface area (Å²) in [5.41, 5.74) is -0.839. The van der Waals surface area contributed by atoms with Crippen LogP contribution in [0.25, 0.3) is 11.2 Å². The van der Waals surface area contributed by atoms with Crippen molar-refractivity contribution in [2.45, 2.75) is 20.4 Å². The first-order chi connectivity index (χ1) is 9.25. The van der Waals surface area contributed by atoms with Gasteiger partial charge in [0.15, 0.2) is 11.2 Å². The lowest BCUT2D eigenvalue weighted by Crippen LogP contribution is -2.37. The Morgan fingerprint density at radius 2 is 1.85 bits per heavy atom. The molecule has 2 aromatic heterocycles. The van der Waals surface area contributed by atoms with Crippen molar-refractivity contribution in [1.82, 2.24) is 18.7 Å². The first-order valence-electron chi connectivity index (χ1n) is 6.15. The molecule has 0 unspecified atom stereocenters. The van der Waals surface area contributed by atoms with E-state index >= 15 is 0 Å². The standard InChI is InChI=1S/C12H16N4O4/c1-6(2)5-16-7-8(13-9(16)11(18)19)14(3)12(20)15(4)10(7)17/h6H,5H2,1-4H3,(H,18,19). The van der Waals surface area contributed by atoms with Crippen LogP contribution in [0.15, 0.2) is 9.59 Å². The molecule has 0 spiro atoms. The van der Waals surface area contributed by atoms with Gasteiger partial charge in [0, 0.05) is 20.6 Å². The number of carbonyl (C=O) groups is 1. The number of carboxylic acid groups (broad SMARTS) is 1. The number of rotatable bonds is 3. The van der Waals surface area contributed by atoms with Gasteiger partial charge in [0.1, 0.15) is 0 Å². The smallest absolute Gasteiger partial charge is 0.372 e. The van der Waals surface area contributed by atoms with Gasteiger partial charge in [-0.2, -0.15) is 0 Å². The Morgan fingerprint density at radius 3 is 2.35 bits per heavy atom. The third-order valence-corrected chi connectivity index (χ3v) is 3.09. The fraction of sp³-hybridized carbons (Fsp3) is 0.500. The van der Waals surface area contributed by atoms with E-state index in [0.29, 0.717) is 6.54 Å². The molecule has 2 rings (SSSR count). The Kier molecular flexibility index (Phi) is 3.24. The highest BCUT2D eigenvalue weighted by Crippen LogP contribution is 2.13. The van der Waals surface area contributed by atoms with Crippen LogP contribution in [-0.2, 0) is 20.6 Å². The molecule has 0 radical (unpaired) electrons. The van der Waals surface area contributed by atoms with Crippen LogP contribution in [0.3, 0.4) is 0 Å². The molecule has 0 aliphatic rings. The highest BCUT2D eigenvalue weighted by Gasteiger charge is 2.22. The lowest BCUT2D eigenvalue weighted by molar-refractivity contribution is 0.0678. The summed E-state index contributed by atoms with van der Waals surface area (Å²) in [7, 11) is 2.82. The van der Waals surface area contributed by atoms with Gasteiger partial charge in [-0.3, -0.25) is 13.9 Å². The molecule has 0 atom stereocenters. The molecule has 0 amide bonds. The maximum atomic E-state index is 12.2. The van der Waals surface area contributed by atoms with Crippen molar-refractivity contribution in [3.05, 3.63) is 26.7 Å². The minimum Gasteiger partial charge on any atom is -0.475 e. The van der Waals surface area contributed by atoms with Crippen LogP contribution in [0.4, 0.5) is 0 Å². The van der Waals surface area contributed by atoms with Crippen LogP contribution < -0.4 is 11.2 Å². The molecule has 108 valence electrons. The van der Waals surface area contributed by atoms with Crippen molar-refractivity contribution in [2.75, 3.05) is 0 Å². The quantitative estimate of drug-likeness (QED) is 0.838. The highest BCUT2D eigenvalue weighted by molar-refractivity contribution is 5.88. The van der Waals surface area contributed by atoms with Crippen molar-refractivity contribution >= 4 is 17.1 Å². The molecule has 0 fully saturated rings. The van der Waals surface area contributed by atoms with Gasteiger partial charge < -0.3 is 9.67 Å². The molecule has 8 nitrogen and oxygen atoms in total. The van der Waals surface area contributed by atoms with Crippen LogP contribution in [0, 0.1) is 5.92 Å². The van der Waals surface area contributed by atoms with E-state index in [0.717, 1.165) is 4.57 Å². The SMILES string of the molecule is CC(C)Cn1c(C(=O)O)nc2c1c(=O)n(C)c(=O)n2C. The zero-order valence-corrected chi connectivity index (χ0v) is 11.7. The van der Waals surface area contributed by atoms with Gasteiger partial charge in [0.25, 0.3) is 5.56 Å². The van der Waals surface area contributed by atoms with Gasteiger partial charge in [-0.25, -0.2) is 14.6 Å². The fourth-order valence-corrected chi connectivity index (χ4v) is 2.15. The third kappa shape index (κ3) is 1.93. The Balaban J connectivity index is 3.01. The normalized spacial score (nSPS) is 11.4. The summed E-state index contributed by atoms with van der Waals surface area (Å²) in [5, 5.41) is 9.22. The molecule has 0 aliphatic heterocycles. The van der Waals surface area contributed by atoms with Gasteiger partial charge in [0.05, 0.1) is 0 Å². The lowest BCUT2D eigenvalue weighted by Gasteiger charge is -2.10. The molecule has 0 aliphatic carbocycles. The van der Waals surface area contributed by atoms with Gasteiger partial charge in [-0.1, -0.05) is 13.8 Å². The fourth-order valence-electron chi connectivity index (χ4n) is 2.15. The second-order valence-electron chi connectivity index (χ2n) is 5.12. The van der Waals surface area contributed by atoms with E-state index in [1.54, 1.807) is 0 Å². The monoisotopic (exact) mass is 280 g/mol. The van der Waals surface area contributed by atoms with Crippen molar-refractivity contribution in [3.63, 3.8) is 0 Å². The van der Waals surface area contributed by atoms with E-state index in [2.05, 4.69) is 4.98 Å². The van der Waals surface area contributed by atoms with Crippen molar-refractivity contribution in [3.8, 4) is 0 Å². The number of hydrogen-bond donors (Lipinski definition) is 1. The molecule has 20 heavy (non-hydrogen) atoms. The van der Waals surface area contributed by atoms with E-state index in [1.807, 2.05) is 13.8 Å². The first-order valence-corrected chi connectivity index (χ1v) is 6.15. The van der Waals surface area contributed by atoms with Crippen molar-refractivity contribution in [1.29, 1.82) is 0 Å². The second kappa shape index (κ2) is 4.62. The summed E-state index contributed by atoms with van der Waals surface area (Å²) in [5.74, 6) is -1.32. The largest absolute Gasteiger partial charge is 0.475 e. The Labute approximate surface area is 113 Å². The molecular formula is C12H16N4O4. The number of aromatic carboxylic acids is 1. The molecule has 2 heterocycles. The average molecular weight is 280 g/mol. The van der Waals surface area contributed by atoms with Crippen LogP contribution in [0.1, 0.15) is 24.5 Å². The molecule has 1 N–H and O–H groups in total. The highest BCUT2D eigenvalue weighted by atomic mass is 16.4. The summed E-state index contributed by atoms with van der Waals surface area (Å²) in [6.45, 7) is 4.15. The molecule has 0 aromatic carbocycles. The van der Waals surface area contributed by atoms with Crippen molar-refractivity contribution < 1.29 is 9.90 Å². The van der Waals surface area contributed by atoms with E-state index < -0.39 is 17.2 Å². The van der Waals surface area contributed by atoms with Gasteiger partial charge >= 0.3 is 11.7 Å². The zero-order valence-electron chi connectivity index (χ0n) is 11.7. The van der Waals surface area contributed by atoms with Gasteiger partial charge in [-0.15, -0.1) is 0 Å². The zero-order chi connectivity index (χ0) is 15.2. The maximum absolute atomic E-state index is 12.2. The van der Waals surface area contributed by atoms with Crippen LogP contribution in [0.5, 0.6) is 0 Å².